The SMILES string of the molecule is Cn1c(O)c(C=Nc2ccc(C#N)cc2)c2ccccc21. The van der Waals surface area contributed by atoms with Gasteiger partial charge in [0.25, 0.3) is 0 Å². The zero-order chi connectivity index (χ0) is 14.8. The Morgan fingerprint density at radius 2 is 1.86 bits per heavy atom. The van der Waals surface area contributed by atoms with Gasteiger partial charge in [-0.3, -0.25) is 4.99 Å². The van der Waals surface area contributed by atoms with Crippen molar-refractivity contribution in [2.45, 2.75) is 0 Å². The maximum absolute atomic E-state index is 10.2. The lowest BCUT2D eigenvalue weighted by Crippen LogP contribution is -1.85. The average molecular weight is 275 g/mol. The van der Waals surface area contributed by atoms with Crippen molar-refractivity contribution in [1.82, 2.24) is 4.57 Å². The molecule has 1 heterocycles. The minimum atomic E-state index is 0.189. The number of nitrogens with zero attached hydrogens (tertiary/aromatic N) is 3. The summed E-state index contributed by atoms with van der Waals surface area (Å²) < 4.78 is 1.73. The molecule has 0 aliphatic rings. The fourth-order valence-electron chi connectivity index (χ4n) is 2.30. The predicted octanol–water partition coefficient (Wildman–Crippen LogP) is 3.51. The quantitative estimate of drug-likeness (QED) is 0.727. The number of nitriles is 1. The lowest BCUT2D eigenvalue weighted by Gasteiger charge is -1.96. The summed E-state index contributed by atoms with van der Waals surface area (Å²) in [6.45, 7) is 0. The van der Waals surface area contributed by atoms with E-state index in [-0.39, 0.29) is 5.88 Å². The van der Waals surface area contributed by atoms with Crippen molar-refractivity contribution in [3.05, 3.63) is 59.7 Å². The molecule has 1 N–H and O–H groups in total. The van der Waals surface area contributed by atoms with Gasteiger partial charge in [0.05, 0.1) is 28.4 Å². The maximum atomic E-state index is 10.2. The molecule has 1 aromatic heterocycles. The number of para-hydroxylation sites is 1. The predicted molar refractivity (Wildman–Crippen MR) is 83.0 cm³/mol. The Bertz CT molecular complexity index is 867. The number of aliphatic imine (C=N–C) groups is 1. The second kappa shape index (κ2) is 5.14. The van der Waals surface area contributed by atoms with Gasteiger partial charge in [-0.25, -0.2) is 0 Å². The number of rotatable bonds is 2. The van der Waals surface area contributed by atoms with Crippen LogP contribution in [0.4, 0.5) is 5.69 Å². The van der Waals surface area contributed by atoms with Crippen LogP contribution in [0.15, 0.2) is 53.5 Å². The molecule has 0 bridgehead atoms. The van der Waals surface area contributed by atoms with E-state index in [4.69, 9.17) is 5.26 Å². The maximum Gasteiger partial charge on any atom is 0.200 e. The number of aromatic hydroxyl groups is 1. The molecule has 0 aliphatic carbocycles. The second-order valence-electron chi connectivity index (χ2n) is 4.73. The minimum absolute atomic E-state index is 0.189. The van der Waals surface area contributed by atoms with Crippen molar-refractivity contribution in [3.63, 3.8) is 0 Å². The van der Waals surface area contributed by atoms with E-state index in [0.29, 0.717) is 11.1 Å². The molecule has 0 atom stereocenters. The number of hydrogen-bond acceptors (Lipinski definition) is 3. The van der Waals surface area contributed by atoms with Gasteiger partial charge >= 0.3 is 0 Å². The molecule has 0 aliphatic heterocycles. The molecule has 0 radical (unpaired) electrons. The molecule has 3 rings (SSSR count). The second-order valence-corrected chi connectivity index (χ2v) is 4.73. The van der Waals surface area contributed by atoms with Crippen LogP contribution in [0, 0.1) is 11.3 Å². The average Bonchev–Trinajstić information content (AvgIpc) is 2.78. The molecule has 2 aromatic carbocycles. The zero-order valence-electron chi connectivity index (χ0n) is 11.5. The highest BCUT2D eigenvalue weighted by Crippen LogP contribution is 2.29. The first-order chi connectivity index (χ1) is 10.2. The monoisotopic (exact) mass is 275 g/mol. The molecule has 0 spiro atoms. The van der Waals surface area contributed by atoms with Gasteiger partial charge in [0.1, 0.15) is 0 Å². The van der Waals surface area contributed by atoms with Gasteiger partial charge in [0.15, 0.2) is 0 Å². The number of hydrogen-bond donors (Lipinski definition) is 1. The third kappa shape index (κ3) is 2.26. The molecular formula is C17H13N3O. The summed E-state index contributed by atoms with van der Waals surface area (Å²) in [7, 11) is 1.82. The first-order valence-corrected chi connectivity index (χ1v) is 6.51. The molecule has 0 unspecified atom stereocenters. The lowest BCUT2D eigenvalue weighted by molar-refractivity contribution is 0.434. The van der Waals surface area contributed by atoms with Crippen LogP contribution in [-0.4, -0.2) is 15.9 Å². The summed E-state index contributed by atoms with van der Waals surface area (Å²) in [4.78, 5) is 4.37. The topological polar surface area (TPSA) is 61.3 Å². The Labute approximate surface area is 122 Å². The van der Waals surface area contributed by atoms with E-state index < -0.39 is 0 Å². The minimum Gasteiger partial charge on any atom is -0.494 e. The standard InChI is InChI=1S/C17H13N3O/c1-20-16-5-3-2-4-14(16)15(17(20)21)11-19-13-8-6-12(10-18)7-9-13/h2-9,11,21H,1H3. The molecule has 4 nitrogen and oxygen atoms in total. The first-order valence-electron chi connectivity index (χ1n) is 6.51. The molecule has 3 aromatic rings. The van der Waals surface area contributed by atoms with Gasteiger partial charge in [0.2, 0.25) is 5.88 Å². The molecule has 4 heteroatoms. The summed E-state index contributed by atoms with van der Waals surface area (Å²) in [5.74, 6) is 0.189. The Hall–Kier alpha value is -3.06. The third-order valence-corrected chi connectivity index (χ3v) is 3.45. The summed E-state index contributed by atoms with van der Waals surface area (Å²) in [5.41, 5.74) is 2.98. The number of aryl methyl sites for hydroxylation is 1. The van der Waals surface area contributed by atoms with Gasteiger partial charge in [-0.05, 0) is 30.3 Å². The van der Waals surface area contributed by atoms with E-state index in [0.717, 1.165) is 16.6 Å². The Kier molecular flexibility index (Phi) is 3.17. The fraction of sp³-hybridized carbons (Fsp3) is 0.0588. The molecule has 21 heavy (non-hydrogen) atoms. The van der Waals surface area contributed by atoms with Gasteiger partial charge in [-0.15, -0.1) is 0 Å². The Morgan fingerprint density at radius 1 is 1.14 bits per heavy atom. The molecule has 102 valence electrons. The highest BCUT2D eigenvalue weighted by Gasteiger charge is 2.11. The molecule has 0 fully saturated rings. The zero-order valence-corrected chi connectivity index (χ0v) is 11.5. The van der Waals surface area contributed by atoms with Gasteiger partial charge in [-0.1, -0.05) is 18.2 Å². The van der Waals surface area contributed by atoms with Crippen molar-refractivity contribution in [1.29, 1.82) is 5.26 Å². The first kappa shape index (κ1) is 12.9. The van der Waals surface area contributed by atoms with Crippen LogP contribution >= 0.6 is 0 Å². The van der Waals surface area contributed by atoms with Crippen LogP contribution in [-0.2, 0) is 7.05 Å². The van der Waals surface area contributed by atoms with Crippen LogP contribution in [0.3, 0.4) is 0 Å². The number of aromatic nitrogens is 1. The van der Waals surface area contributed by atoms with Crippen LogP contribution < -0.4 is 0 Å². The van der Waals surface area contributed by atoms with Crippen LogP contribution in [0.5, 0.6) is 5.88 Å². The van der Waals surface area contributed by atoms with E-state index in [1.54, 1.807) is 35.0 Å². The van der Waals surface area contributed by atoms with Crippen molar-refractivity contribution < 1.29 is 5.11 Å². The van der Waals surface area contributed by atoms with Crippen molar-refractivity contribution in [2.24, 2.45) is 12.0 Å². The van der Waals surface area contributed by atoms with Crippen molar-refractivity contribution in [2.75, 3.05) is 0 Å². The van der Waals surface area contributed by atoms with E-state index in [1.165, 1.54) is 0 Å². The smallest absolute Gasteiger partial charge is 0.200 e. The highest BCUT2D eigenvalue weighted by molar-refractivity contribution is 6.03. The van der Waals surface area contributed by atoms with Crippen LogP contribution in [0.25, 0.3) is 10.9 Å². The lowest BCUT2D eigenvalue weighted by atomic mass is 10.2. The summed E-state index contributed by atoms with van der Waals surface area (Å²) in [5, 5.41) is 19.9. The summed E-state index contributed by atoms with van der Waals surface area (Å²) >= 11 is 0. The Morgan fingerprint density at radius 3 is 2.57 bits per heavy atom. The van der Waals surface area contributed by atoms with Crippen molar-refractivity contribution >= 4 is 22.8 Å². The third-order valence-electron chi connectivity index (χ3n) is 3.45. The van der Waals surface area contributed by atoms with Crippen molar-refractivity contribution in [3.8, 4) is 11.9 Å². The molecule has 0 saturated heterocycles. The van der Waals surface area contributed by atoms with Crippen LogP contribution in [0.1, 0.15) is 11.1 Å². The largest absolute Gasteiger partial charge is 0.494 e. The molecular weight excluding hydrogens is 262 g/mol. The Balaban J connectivity index is 2.03. The van der Waals surface area contributed by atoms with Gasteiger partial charge in [-0.2, -0.15) is 5.26 Å². The number of fused-ring (bicyclic) bond motifs is 1. The van der Waals surface area contributed by atoms with E-state index in [9.17, 15) is 5.11 Å². The highest BCUT2D eigenvalue weighted by atomic mass is 16.3. The normalized spacial score (nSPS) is 11.0. The molecule has 0 amide bonds. The number of benzene rings is 2. The van der Waals surface area contributed by atoms with E-state index in [1.807, 2.05) is 31.3 Å². The molecule has 0 saturated carbocycles. The van der Waals surface area contributed by atoms with Crippen LogP contribution in [0.2, 0.25) is 0 Å². The van der Waals surface area contributed by atoms with E-state index in [2.05, 4.69) is 11.1 Å². The summed E-state index contributed by atoms with van der Waals surface area (Å²) in [6.07, 6.45) is 1.65. The summed E-state index contributed by atoms with van der Waals surface area (Å²) in [6, 6.07) is 16.8. The van der Waals surface area contributed by atoms with Gasteiger partial charge in [0, 0.05) is 18.6 Å². The van der Waals surface area contributed by atoms with E-state index >= 15 is 0 Å². The van der Waals surface area contributed by atoms with Gasteiger partial charge < -0.3 is 9.67 Å². The fourth-order valence-corrected chi connectivity index (χ4v) is 2.30.